The Morgan fingerprint density at radius 3 is 2.46 bits per heavy atom. The van der Waals surface area contributed by atoms with Gasteiger partial charge in [-0.2, -0.15) is 5.10 Å². The van der Waals surface area contributed by atoms with Crippen molar-refractivity contribution in [1.29, 1.82) is 0 Å². The predicted octanol–water partition coefficient (Wildman–Crippen LogP) is 4.87. The lowest BCUT2D eigenvalue weighted by Gasteiger charge is -2.26. The lowest BCUT2D eigenvalue weighted by atomic mass is 10.0. The molecule has 9 heteroatoms. The van der Waals surface area contributed by atoms with E-state index in [-0.39, 0.29) is 5.60 Å². The normalized spacial score (nSPS) is 16.7. The van der Waals surface area contributed by atoms with Crippen molar-refractivity contribution in [2.24, 2.45) is 0 Å². The van der Waals surface area contributed by atoms with Gasteiger partial charge in [0.15, 0.2) is 0 Å². The highest BCUT2D eigenvalue weighted by atomic mass is 16.5. The van der Waals surface area contributed by atoms with Crippen LogP contribution in [0.2, 0.25) is 0 Å². The van der Waals surface area contributed by atoms with Crippen molar-refractivity contribution < 1.29 is 14.3 Å². The first-order valence-electron chi connectivity index (χ1n) is 14.4. The number of rotatable bonds is 6. The van der Waals surface area contributed by atoms with Gasteiger partial charge in [0, 0.05) is 37.0 Å². The first-order chi connectivity index (χ1) is 19.9. The molecule has 0 radical (unpaired) electrons. The molecule has 2 aliphatic rings. The number of fused-ring (bicyclic) bond motifs is 1. The zero-order chi connectivity index (χ0) is 28.7. The highest BCUT2D eigenvalue weighted by molar-refractivity contribution is 5.92. The maximum atomic E-state index is 9.60. The van der Waals surface area contributed by atoms with Crippen LogP contribution in [0.3, 0.4) is 0 Å². The van der Waals surface area contributed by atoms with Crippen LogP contribution in [0.15, 0.2) is 61.1 Å². The van der Waals surface area contributed by atoms with E-state index < -0.39 is 0 Å². The molecule has 9 nitrogen and oxygen atoms in total. The van der Waals surface area contributed by atoms with Crippen LogP contribution in [0.4, 0.5) is 0 Å². The molecular formula is C32H40N6O3. The summed E-state index contributed by atoms with van der Waals surface area (Å²) in [4.78, 5) is 21.8. The molecule has 41 heavy (non-hydrogen) atoms. The van der Waals surface area contributed by atoms with Gasteiger partial charge >= 0.3 is 0 Å². The van der Waals surface area contributed by atoms with Crippen LogP contribution in [0.5, 0.6) is 0 Å². The Labute approximate surface area is 241 Å². The highest BCUT2D eigenvalue weighted by Gasteiger charge is 2.17. The van der Waals surface area contributed by atoms with E-state index in [2.05, 4.69) is 67.3 Å². The monoisotopic (exact) mass is 556 g/mol. The summed E-state index contributed by atoms with van der Waals surface area (Å²) in [5.74, 6) is 0. The van der Waals surface area contributed by atoms with Gasteiger partial charge in [-0.1, -0.05) is 36.4 Å². The van der Waals surface area contributed by atoms with Crippen molar-refractivity contribution in [1.82, 2.24) is 30.0 Å². The van der Waals surface area contributed by atoms with Crippen molar-refractivity contribution in [3.05, 3.63) is 66.6 Å². The zero-order valence-corrected chi connectivity index (χ0v) is 24.3. The Morgan fingerprint density at radius 2 is 1.78 bits per heavy atom. The molecule has 2 aliphatic heterocycles. The van der Waals surface area contributed by atoms with Gasteiger partial charge in [-0.25, -0.2) is 4.98 Å². The van der Waals surface area contributed by atoms with Crippen LogP contribution >= 0.6 is 0 Å². The van der Waals surface area contributed by atoms with Gasteiger partial charge in [-0.3, -0.25) is 19.4 Å². The number of hydrogen-bond donors (Lipinski definition) is 1. The molecule has 1 N–H and O–H groups in total. The van der Waals surface area contributed by atoms with Gasteiger partial charge in [0.25, 0.3) is 6.47 Å². The van der Waals surface area contributed by atoms with Crippen LogP contribution in [0.1, 0.15) is 45.2 Å². The maximum Gasteiger partial charge on any atom is 0.293 e. The van der Waals surface area contributed by atoms with Crippen LogP contribution in [0.25, 0.3) is 33.4 Å². The van der Waals surface area contributed by atoms with Crippen molar-refractivity contribution in [2.75, 3.05) is 39.4 Å². The average Bonchev–Trinajstić information content (AvgIpc) is 3.48. The molecule has 0 bridgehead atoms. The molecule has 2 saturated heterocycles. The van der Waals surface area contributed by atoms with E-state index in [0.717, 1.165) is 92.2 Å². The van der Waals surface area contributed by atoms with Crippen molar-refractivity contribution in [3.8, 4) is 22.4 Å². The first-order valence-corrected chi connectivity index (χ1v) is 14.4. The average molecular weight is 557 g/mol. The number of benzene rings is 2. The summed E-state index contributed by atoms with van der Waals surface area (Å²) in [5, 5.41) is 8.06. The fraction of sp³-hybridized carbons (Fsp3) is 0.438. The molecule has 2 aromatic carbocycles. The third-order valence-electron chi connectivity index (χ3n) is 7.33. The summed E-state index contributed by atoms with van der Waals surface area (Å²) in [6.07, 6.45) is 8.11. The van der Waals surface area contributed by atoms with Crippen molar-refractivity contribution in [3.63, 3.8) is 0 Å². The van der Waals surface area contributed by atoms with Gasteiger partial charge in [-0.15, -0.1) is 0 Å². The summed E-state index contributed by atoms with van der Waals surface area (Å²) in [6.45, 7) is 12.6. The highest BCUT2D eigenvalue weighted by Crippen LogP contribution is 2.29. The smallest absolute Gasteiger partial charge is 0.293 e. The van der Waals surface area contributed by atoms with Gasteiger partial charge in [0.1, 0.15) is 5.60 Å². The molecule has 2 fully saturated rings. The largest absolute Gasteiger partial charge is 0.462 e. The predicted molar refractivity (Wildman–Crippen MR) is 160 cm³/mol. The number of para-hydroxylation sites is 1. The summed E-state index contributed by atoms with van der Waals surface area (Å²) in [5.41, 5.74) is 6.99. The Hall–Kier alpha value is -3.66. The summed E-state index contributed by atoms with van der Waals surface area (Å²) < 4.78 is 12.1. The van der Waals surface area contributed by atoms with Crippen LogP contribution in [0, 0.1) is 0 Å². The minimum absolute atomic E-state index is 0.318. The number of carbonyl (C=O) groups is 1. The summed E-state index contributed by atoms with van der Waals surface area (Å²) >= 11 is 0. The minimum atomic E-state index is -0.318. The molecule has 0 spiro atoms. The Kier molecular flexibility index (Phi) is 9.38. The standard InChI is InChI=1S/C27H30N6O.C5H10O2/c1-2-24(21-6-4-20(5-7-21)18-32-12-14-34-15-13-32)27-25(3-1)29-17-26(31-27)22-16-30-33(19-22)23-8-10-28-11-9-23;1-5(2,3)7-4-6/h1-7,16-17,19,23,28H,8-15,18H2;4H,1-3H3. The molecule has 4 heterocycles. The topological polar surface area (TPSA) is 94.4 Å². The first kappa shape index (κ1) is 28.9. The van der Waals surface area contributed by atoms with Crippen molar-refractivity contribution in [2.45, 2.75) is 51.8 Å². The lowest BCUT2D eigenvalue weighted by Crippen LogP contribution is -2.35. The summed E-state index contributed by atoms with van der Waals surface area (Å²) in [7, 11) is 0. The minimum Gasteiger partial charge on any atom is -0.462 e. The number of hydrogen-bond acceptors (Lipinski definition) is 8. The van der Waals surface area contributed by atoms with Crippen molar-refractivity contribution >= 4 is 17.5 Å². The molecule has 0 saturated carbocycles. The van der Waals surface area contributed by atoms with Gasteiger partial charge < -0.3 is 14.8 Å². The number of ether oxygens (including phenoxy) is 2. The van der Waals surface area contributed by atoms with Crippen LogP contribution < -0.4 is 5.32 Å². The number of piperidine rings is 1. The molecular weight excluding hydrogens is 516 g/mol. The van der Waals surface area contributed by atoms with E-state index in [1.807, 2.05) is 39.2 Å². The van der Waals surface area contributed by atoms with Gasteiger partial charge in [-0.05, 0) is 63.9 Å². The third-order valence-corrected chi connectivity index (χ3v) is 7.33. The Bertz CT molecular complexity index is 1420. The number of nitrogens with one attached hydrogen (secondary N) is 1. The molecule has 0 unspecified atom stereocenters. The van der Waals surface area contributed by atoms with E-state index in [0.29, 0.717) is 12.5 Å². The van der Waals surface area contributed by atoms with E-state index in [9.17, 15) is 4.79 Å². The molecule has 4 aromatic rings. The van der Waals surface area contributed by atoms with E-state index in [1.165, 1.54) is 5.56 Å². The number of aromatic nitrogens is 4. The second kappa shape index (κ2) is 13.3. The summed E-state index contributed by atoms with van der Waals surface area (Å²) in [6, 6.07) is 15.5. The maximum absolute atomic E-state index is 9.60. The van der Waals surface area contributed by atoms with Crippen LogP contribution in [-0.4, -0.2) is 76.1 Å². The molecule has 0 amide bonds. The molecule has 6 rings (SSSR count). The van der Waals surface area contributed by atoms with Crippen LogP contribution in [-0.2, 0) is 20.8 Å². The van der Waals surface area contributed by atoms with E-state index in [1.54, 1.807) is 0 Å². The molecule has 2 aromatic heterocycles. The molecule has 0 atom stereocenters. The quantitative estimate of drug-likeness (QED) is 0.336. The fourth-order valence-corrected chi connectivity index (χ4v) is 5.10. The van der Waals surface area contributed by atoms with E-state index >= 15 is 0 Å². The Morgan fingerprint density at radius 1 is 1.02 bits per heavy atom. The number of nitrogens with zero attached hydrogens (tertiary/aromatic N) is 5. The number of morpholine rings is 1. The second-order valence-electron chi connectivity index (χ2n) is 11.5. The van der Waals surface area contributed by atoms with E-state index in [4.69, 9.17) is 14.7 Å². The Balaban J connectivity index is 0.000000431. The number of carbonyl (C=O) groups excluding carboxylic acids is 1. The van der Waals surface area contributed by atoms with Gasteiger partial charge in [0.05, 0.1) is 48.4 Å². The third kappa shape index (κ3) is 7.75. The van der Waals surface area contributed by atoms with Gasteiger partial charge in [0.2, 0.25) is 0 Å². The lowest BCUT2D eigenvalue weighted by molar-refractivity contribution is -0.138. The second-order valence-corrected chi connectivity index (χ2v) is 11.5. The SMILES string of the molecule is CC(C)(C)OC=O.c1cc(-c2ccc(CN3CCOCC3)cc2)c2nc(-c3cnn(C4CCNCC4)c3)cnc2c1. The molecule has 216 valence electrons. The zero-order valence-electron chi connectivity index (χ0n) is 24.3. The fourth-order valence-electron chi connectivity index (χ4n) is 5.10. The molecule has 0 aliphatic carbocycles.